The summed E-state index contributed by atoms with van der Waals surface area (Å²) in [6.45, 7) is 1.59. The molecular weight excluding hydrogens is 334 g/mol. The van der Waals surface area contributed by atoms with Gasteiger partial charge in [-0.2, -0.15) is 0 Å². The first-order chi connectivity index (χ1) is 11.3. The van der Waals surface area contributed by atoms with Crippen molar-refractivity contribution in [3.8, 4) is 11.5 Å². The first kappa shape index (κ1) is 14.3. The Morgan fingerprint density at radius 2 is 2.09 bits per heavy atom. The molecule has 8 heteroatoms. The number of rotatable bonds is 3. The lowest BCUT2D eigenvalue weighted by Gasteiger charge is -2.17. The molecule has 118 valence electrons. The van der Waals surface area contributed by atoms with Crippen LogP contribution in [0.1, 0.15) is 4.88 Å². The summed E-state index contributed by atoms with van der Waals surface area (Å²) in [5.74, 6) is 1.42. The number of anilines is 1. The highest BCUT2D eigenvalue weighted by molar-refractivity contribution is 7.22. The smallest absolute Gasteiger partial charge is 0.321 e. The molecular formula is C15H13N3O3S2. The Kier molecular flexibility index (Phi) is 3.76. The lowest BCUT2D eigenvalue weighted by Crippen LogP contribution is -2.27. The fraction of sp³-hybridized carbons (Fsp3) is 0.200. The van der Waals surface area contributed by atoms with Gasteiger partial charge in [-0.15, -0.1) is 11.3 Å². The number of thiazole rings is 1. The molecule has 1 aromatic carbocycles. The third kappa shape index (κ3) is 3.08. The number of thiophene rings is 1. The number of hydrogen-bond acceptors (Lipinski definition) is 6. The highest BCUT2D eigenvalue weighted by Gasteiger charge is 2.16. The van der Waals surface area contributed by atoms with E-state index in [0.29, 0.717) is 30.6 Å². The number of benzene rings is 1. The van der Waals surface area contributed by atoms with Crippen molar-refractivity contribution in [3.63, 3.8) is 0 Å². The molecule has 0 unspecified atom stereocenters. The maximum atomic E-state index is 11.9. The number of urea groups is 1. The van der Waals surface area contributed by atoms with E-state index >= 15 is 0 Å². The van der Waals surface area contributed by atoms with Gasteiger partial charge in [0.05, 0.1) is 16.8 Å². The summed E-state index contributed by atoms with van der Waals surface area (Å²) in [4.78, 5) is 17.5. The van der Waals surface area contributed by atoms with E-state index in [9.17, 15) is 4.79 Å². The van der Waals surface area contributed by atoms with E-state index in [0.717, 1.165) is 20.8 Å². The van der Waals surface area contributed by atoms with Crippen molar-refractivity contribution in [1.82, 2.24) is 10.3 Å². The number of carbonyl (C=O) groups excluding carboxylic acids is 1. The average molecular weight is 347 g/mol. The van der Waals surface area contributed by atoms with Crippen LogP contribution < -0.4 is 20.1 Å². The minimum absolute atomic E-state index is 0.269. The molecule has 1 aliphatic heterocycles. The standard InChI is InChI=1S/C15H13N3O3S2/c19-14(16-8-9-2-1-5-22-9)18-15-17-10-6-11-12(7-13(10)23-15)21-4-3-20-11/h1-2,5-7H,3-4,8H2,(H2,16,17,18,19). The molecule has 0 saturated carbocycles. The van der Waals surface area contributed by atoms with Gasteiger partial charge in [-0.3, -0.25) is 5.32 Å². The normalized spacial score (nSPS) is 13.0. The molecule has 6 nitrogen and oxygen atoms in total. The highest BCUT2D eigenvalue weighted by atomic mass is 32.1. The van der Waals surface area contributed by atoms with Gasteiger partial charge in [-0.1, -0.05) is 17.4 Å². The van der Waals surface area contributed by atoms with Gasteiger partial charge in [0, 0.05) is 17.0 Å². The number of carbonyl (C=O) groups is 1. The summed E-state index contributed by atoms with van der Waals surface area (Å²) in [6, 6.07) is 7.41. The van der Waals surface area contributed by atoms with Crippen molar-refractivity contribution in [1.29, 1.82) is 0 Å². The quantitative estimate of drug-likeness (QED) is 0.761. The molecule has 0 aliphatic carbocycles. The molecule has 4 rings (SSSR count). The minimum Gasteiger partial charge on any atom is -0.486 e. The van der Waals surface area contributed by atoms with Gasteiger partial charge in [-0.25, -0.2) is 9.78 Å². The van der Waals surface area contributed by atoms with Crippen molar-refractivity contribution in [3.05, 3.63) is 34.5 Å². The summed E-state index contributed by atoms with van der Waals surface area (Å²) in [7, 11) is 0. The molecule has 2 amide bonds. The Labute approximate surface area is 140 Å². The molecule has 2 N–H and O–H groups in total. The molecule has 23 heavy (non-hydrogen) atoms. The fourth-order valence-corrected chi connectivity index (χ4v) is 3.76. The van der Waals surface area contributed by atoms with E-state index in [2.05, 4.69) is 15.6 Å². The van der Waals surface area contributed by atoms with Crippen molar-refractivity contribution in [2.45, 2.75) is 6.54 Å². The van der Waals surface area contributed by atoms with Crippen molar-refractivity contribution < 1.29 is 14.3 Å². The predicted molar refractivity (Wildman–Crippen MR) is 90.8 cm³/mol. The minimum atomic E-state index is -0.269. The zero-order valence-corrected chi connectivity index (χ0v) is 13.6. The molecule has 3 aromatic rings. The summed E-state index contributed by atoms with van der Waals surface area (Å²) >= 11 is 3.01. The lowest BCUT2D eigenvalue weighted by molar-refractivity contribution is 0.172. The van der Waals surface area contributed by atoms with Crippen LogP contribution in [-0.2, 0) is 6.54 Å². The Hall–Kier alpha value is -2.32. The molecule has 1 aliphatic rings. The van der Waals surface area contributed by atoms with Gasteiger partial charge < -0.3 is 14.8 Å². The summed E-state index contributed by atoms with van der Waals surface area (Å²) < 4.78 is 12.0. The predicted octanol–water partition coefficient (Wildman–Crippen LogP) is 3.45. The topological polar surface area (TPSA) is 72.5 Å². The Morgan fingerprint density at radius 3 is 2.87 bits per heavy atom. The number of aromatic nitrogens is 1. The fourth-order valence-electron chi connectivity index (χ4n) is 2.24. The van der Waals surface area contributed by atoms with Gasteiger partial charge >= 0.3 is 6.03 Å². The van der Waals surface area contributed by atoms with E-state index in [4.69, 9.17) is 9.47 Å². The van der Waals surface area contributed by atoms with Crippen LogP contribution in [0.25, 0.3) is 10.2 Å². The third-order valence-corrected chi connectivity index (χ3v) is 5.09. The zero-order valence-electron chi connectivity index (χ0n) is 12.0. The van der Waals surface area contributed by atoms with Crippen molar-refractivity contribution >= 4 is 44.1 Å². The average Bonchev–Trinajstić information content (AvgIpc) is 3.19. The first-order valence-electron chi connectivity index (χ1n) is 7.05. The number of fused-ring (bicyclic) bond motifs is 2. The Morgan fingerprint density at radius 1 is 1.26 bits per heavy atom. The molecule has 0 saturated heterocycles. The molecule has 0 radical (unpaired) electrons. The number of nitrogens with zero attached hydrogens (tertiary/aromatic N) is 1. The van der Waals surface area contributed by atoms with Crippen molar-refractivity contribution in [2.24, 2.45) is 0 Å². The molecule has 0 fully saturated rings. The van der Waals surface area contributed by atoms with Crippen LogP contribution in [0.2, 0.25) is 0 Å². The van der Waals surface area contributed by atoms with Crippen LogP contribution in [0.5, 0.6) is 11.5 Å². The number of amides is 2. The number of ether oxygens (including phenoxy) is 2. The van der Waals surface area contributed by atoms with Crippen LogP contribution in [0.15, 0.2) is 29.6 Å². The second kappa shape index (κ2) is 6.05. The zero-order chi connectivity index (χ0) is 15.6. The summed E-state index contributed by atoms with van der Waals surface area (Å²) in [5, 5.41) is 8.10. The van der Waals surface area contributed by atoms with Gasteiger partial charge in [-0.05, 0) is 11.4 Å². The van der Waals surface area contributed by atoms with E-state index in [1.54, 1.807) is 11.3 Å². The SMILES string of the molecule is O=C(NCc1cccs1)Nc1nc2cc3c(cc2s1)OCCO3. The summed E-state index contributed by atoms with van der Waals surface area (Å²) in [5.41, 5.74) is 0.785. The van der Waals surface area contributed by atoms with Crippen LogP contribution in [0.3, 0.4) is 0 Å². The molecule has 3 heterocycles. The number of hydrogen-bond donors (Lipinski definition) is 2. The third-order valence-electron chi connectivity index (χ3n) is 3.28. The summed E-state index contributed by atoms with van der Waals surface area (Å²) in [6.07, 6.45) is 0. The van der Waals surface area contributed by atoms with Gasteiger partial charge in [0.25, 0.3) is 0 Å². The molecule has 0 bridgehead atoms. The van der Waals surface area contributed by atoms with E-state index < -0.39 is 0 Å². The Bertz CT molecular complexity index is 802. The van der Waals surface area contributed by atoms with E-state index in [-0.39, 0.29) is 6.03 Å². The number of nitrogens with one attached hydrogen (secondary N) is 2. The maximum Gasteiger partial charge on any atom is 0.321 e. The molecule has 0 atom stereocenters. The van der Waals surface area contributed by atoms with Crippen LogP contribution in [0.4, 0.5) is 9.93 Å². The van der Waals surface area contributed by atoms with Crippen LogP contribution in [0, 0.1) is 0 Å². The van der Waals surface area contributed by atoms with Gasteiger partial charge in [0.15, 0.2) is 16.6 Å². The van der Waals surface area contributed by atoms with Crippen LogP contribution in [-0.4, -0.2) is 24.2 Å². The van der Waals surface area contributed by atoms with Crippen LogP contribution >= 0.6 is 22.7 Å². The Balaban J connectivity index is 1.47. The monoisotopic (exact) mass is 347 g/mol. The molecule has 0 spiro atoms. The van der Waals surface area contributed by atoms with E-state index in [1.165, 1.54) is 11.3 Å². The highest BCUT2D eigenvalue weighted by Crippen LogP contribution is 2.37. The maximum absolute atomic E-state index is 11.9. The van der Waals surface area contributed by atoms with E-state index in [1.807, 2.05) is 29.6 Å². The lowest BCUT2D eigenvalue weighted by atomic mass is 10.3. The molecule has 2 aromatic heterocycles. The van der Waals surface area contributed by atoms with Gasteiger partial charge in [0.2, 0.25) is 0 Å². The van der Waals surface area contributed by atoms with Crippen molar-refractivity contribution in [2.75, 3.05) is 18.5 Å². The first-order valence-corrected chi connectivity index (χ1v) is 8.75. The largest absolute Gasteiger partial charge is 0.486 e. The van der Waals surface area contributed by atoms with Gasteiger partial charge in [0.1, 0.15) is 13.2 Å². The second-order valence-electron chi connectivity index (χ2n) is 4.87. The second-order valence-corrected chi connectivity index (χ2v) is 6.93.